The molecule has 1 unspecified atom stereocenters. The van der Waals surface area contributed by atoms with Gasteiger partial charge in [0.2, 0.25) is 0 Å². The lowest BCUT2D eigenvalue weighted by molar-refractivity contribution is -0.177. The Bertz CT molecular complexity index is 727. The third-order valence-corrected chi connectivity index (χ3v) is 5.12. The molecule has 2 aromatic rings. The van der Waals surface area contributed by atoms with Crippen LogP contribution in [0.3, 0.4) is 0 Å². The number of nitrogens with zero attached hydrogens (tertiary/aromatic N) is 2. The van der Waals surface area contributed by atoms with Crippen LogP contribution in [0, 0.1) is 0 Å². The topological polar surface area (TPSA) is 49.0 Å². The number of fused-ring (bicyclic) bond motifs is 1. The molecule has 0 saturated carbocycles. The van der Waals surface area contributed by atoms with Crippen molar-refractivity contribution >= 4 is 37.5 Å². The Hall–Kier alpha value is -0.930. The first-order chi connectivity index (χ1) is 9.84. The molecule has 1 atom stereocenters. The van der Waals surface area contributed by atoms with E-state index in [1.807, 2.05) is 0 Å². The van der Waals surface area contributed by atoms with E-state index in [1.165, 1.54) is 16.2 Å². The van der Waals surface area contributed by atoms with E-state index >= 15 is 0 Å². The van der Waals surface area contributed by atoms with Crippen molar-refractivity contribution in [1.82, 2.24) is 14.9 Å². The fraction of sp³-hybridized carbons (Fsp3) is 0.500. The second-order valence-electron chi connectivity index (χ2n) is 4.95. The standard InChI is InChI=1S/C12H11BrF3N3OS/c13-8-4-6-10(21-8)11(20)18-9(17-6)5-19-3-1-2-7(19)12(14,15)16/h4,7H,1-3,5H2,(H,17,18,20). The monoisotopic (exact) mass is 381 g/mol. The Morgan fingerprint density at radius 2 is 2.29 bits per heavy atom. The van der Waals surface area contributed by atoms with Gasteiger partial charge in [-0.25, -0.2) is 4.98 Å². The summed E-state index contributed by atoms with van der Waals surface area (Å²) < 4.78 is 40.0. The Morgan fingerprint density at radius 3 is 3.00 bits per heavy atom. The largest absolute Gasteiger partial charge is 0.404 e. The zero-order valence-electron chi connectivity index (χ0n) is 10.7. The maximum atomic E-state index is 12.9. The molecule has 1 saturated heterocycles. The quantitative estimate of drug-likeness (QED) is 0.868. The van der Waals surface area contributed by atoms with Crippen LogP contribution in [-0.2, 0) is 6.54 Å². The first kappa shape index (κ1) is 15.0. The average Bonchev–Trinajstić information content (AvgIpc) is 2.94. The van der Waals surface area contributed by atoms with Crippen molar-refractivity contribution < 1.29 is 13.2 Å². The van der Waals surface area contributed by atoms with Crippen molar-refractivity contribution in [2.45, 2.75) is 31.6 Å². The van der Waals surface area contributed by atoms with Gasteiger partial charge in [-0.1, -0.05) is 0 Å². The second kappa shape index (κ2) is 5.36. The number of H-pyrrole nitrogens is 1. The lowest BCUT2D eigenvalue weighted by atomic mass is 10.2. The fourth-order valence-electron chi connectivity index (χ4n) is 2.61. The lowest BCUT2D eigenvalue weighted by Gasteiger charge is -2.25. The van der Waals surface area contributed by atoms with Crippen LogP contribution in [0.15, 0.2) is 14.6 Å². The van der Waals surface area contributed by atoms with Gasteiger partial charge in [0.25, 0.3) is 5.56 Å². The molecular weight excluding hydrogens is 371 g/mol. The predicted octanol–water partition coefficient (Wildman–Crippen LogP) is 3.27. The van der Waals surface area contributed by atoms with E-state index in [-0.39, 0.29) is 24.3 Å². The molecule has 2 aromatic heterocycles. The van der Waals surface area contributed by atoms with Gasteiger partial charge in [0.1, 0.15) is 16.6 Å². The summed E-state index contributed by atoms with van der Waals surface area (Å²) in [4.78, 5) is 20.1. The average molecular weight is 382 g/mol. The van der Waals surface area contributed by atoms with Gasteiger partial charge < -0.3 is 4.98 Å². The lowest BCUT2D eigenvalue weighted by Crippen LogP contribution is -2.41. The number of alkyl halides is 3. The molecule has 9 heteroatoms. The molecule has 114 valence electrons. The number of hydrogen-bond acceptors (Lipinski definition) is 4. The van der Waals surface area contributed by atoms with Gasteiger partial charge in [-0.2, -0.15) is 13.2 Å². The second-order valence-corrected chi connectivity index (χ2v) is 7.38. The van der Waals surface area contributed by atoms with Crippen LogP contribution in [0.25, 0.3) is 10.2 Å². The third kappa shape index (κ3) is 3.00. The van der Waals surface area contributed by atoms with Crippen LogP contribution in [0.4, 0.5) is 13.2 Å². The van der Waals surface area contributed by atoms with Gasteiger partial charge >= 0.3 is 6.18 Å². The molecule has 0 bridgehead atoms. The summed E-state index contributed by atoms with van der Waals surface area (Å²) in [7, 11) is 0. The van der Waals surface area contributed by atoms with Gasteiger partial charge in [0.15, 0.2) is 0 Å². The smallest absolute Gasteiger partial charge is 0.308 e. The summed E-state index contributed by atoms with van der Waals surface area (Å²) in [6.45, 7) is 0.363. The molecule has 1 aliphatic heterocycles. The minimum atomic E-state index is -4.24. The number of aromatic nitrogens is 2. The van der Waals surface area contributed by atoms with Crippen LogP contribution >= 0.6 is 27.3 Å². The number of nitrogens with one attached hydrogen (secondary N) is 1. The summed E-state index contributed by atoms with van der Waals surface area (Å²) in [6.07, 6.45) is -3.65. The van der Waals surface area contributed by atoms with Crippen LogP contribution in [0.1, 0.15) is 18.7 Å². The minimum Gasteiger partial charge on any atom is -0.308 e. The van der Waals surface area contributed by atoms with Crippen LogP contribution in [0.2, 0.25) is 0 Å². The number of likely N-dealkylation sites (tertiary alicyclic amines) is 1. The zero-order valence-corrected chi connectivity index (χ0v) is 13.1. The van der Waals surface area contributed by atoms with Crippen LogP contribution in [-0.4, -0.2) is 33.6 Å². The van der Waals surface area contributed by atoms with Gasteiger partial charge in [0.05, 0.1) is 15.8 Å². The summed E-state index contributed by atoms with van der Waals surface area (Å²) >= 11 is 4.53. The Morgan fingerprint density at radius 1 is 1.52 bits per heavy atom. The van der Waals surface area contributed by atoms with Gasteiger partial charge in [0, 0.05) is 0 Å². The summed E-state index contributed by atoms with van der Waals surface area (Å²) in [5, 5.41) is 0. The van der Waals surface area contributed by atoms with E-state index in [0.29, 0.717) is 23.2 Å². The highest BCUT2D eigenvalue weighted by Crippen LogP contribution is 2.33. The van der Waals surface area contributed by atoms with E-state index in [0.717, 1.165) is 3.79 Å². The minimum absolute atomic E-state index is 0.00280. The molecule has 0 radical (unpaired) electrons. The number of aromatic amines is 1. The van der Waals surface area contributed by atoms with Crippen molar-refractivity contribution in [3.63, 3.8) is 0 Å². The maximum Gasteiger partial charge on any atom is 0.404 e. The molecule has 21 heavy (non-hydrogen) atoms. The Balaban J connectivity index is 1.89. The molecular formula is C12H11BrF3N3OS. The number of thiophene rings is 1. The van der Waals surface area contributed by atoms with Crippen molar-refractivity contribution in [2.75, 3.05) is 6.54 Å². The molecule has 1 fully saturated rings. The van der Waals surface area contributed by atoms with Crippen molar-refractivity contribution in [2.24, 2.45) is 0 Å². The molecule has 0 spiro atoms. The van der Waals surface area contributed by atoms with Crippen molar-refractivity contribution in [3.05, 3.63) is 26.0 Å². The molecule has 1 N–H and O–H groups in total. The highest BCUT2D eigenvalue weighted by Gasteiger charge is 2.45. The fourth-order valence-corrected chi connectivity index (χ4v) is 4.03. The highest BCUT2D eigenvalue weighted by atomic mass is 79.9. The van der Waals surface area contributed by atoms with E-state index in [4.69, 9.17) is 0 Å². The first-order valence-electron chi connectivity index (χ1n) is 6.33. The van der Waals surface area contributed by atoms with Crippen molar-refractivity contribution in [1.29, 1.82) is 0 Å². The third-order valence-electron chi connectivity index (χ3n) is 3.50. The Labute approximate surface area is 130 Å². The van der Waals surface area contributed by atoms with Gasteiger partial charge in [-0.05, 0) is 41.4 Å². The van der Waals surface area contributed by atoms with E-state index in [1.54, 1.807) is 6.07 Å². The van der Waals surface area contributed by atoms with Gasteiger partial charge in [-0.3, -0.25) is 9.69 Å². The van der Waals surface area contributed by atoms with E-state index in [2.05, 4.69) is 25.9 Å². The SMILES string of the molecule is O=c1[nH]c(CN2CCCC2C(F)(F)F)nc2cc(Br)sc12. The van der Waals surface area contributed by atoms with Gasteiger partial charge in [-0.15, -0.1) is 11.3 Å². The normalized spacial score (nSPS) is 20.5. The molecule has 3 heterocycles. The van der Waals surface area contributed by atoms with Crippen LogP contribution < -0.4 is 5.56 Å². The van der Waals surface area contributed by atoms with E-state index < -0.39 is 12.2 Å². The van der Waals surface area contributed by atoms with E-state index in [9.17, 15) is 18.0 Å². The highest BCUT2D eigenvalue weighted by molar-refractivity contribution is 9.11. The molecule has 4 nitrogen and oxygen atoms in total. The predicted molar refractivity (Wildman–Crippen MR) is 77.4 cm³/mol. The number of hydrogen-bond donors (Lipinski definition) is 1. The van der Waals surface area contributed by atoms with Crippen LogP contribution in [0.5, 0.6) is 0 Å². The molecule has 3 rings (SSSR count). The molecule has 0 amide bonds. The first-order valence-corrected chi connectivity index (χ1v) is 7.94. The number of rotatable bonds is 2. The summed E-state index contributed by atoms with van der Waals surface area (Å²) in [5.41, 5.74) is 0.196. The number of halogens is 4. The summed E-state index contributed by atoms with van der Waals surface area (Å²) in [5.74, 6) is 0.272. The molecule has 1 aliphatic rings. The zero-order chi connectivity index (χ0) is 15.2. The maximum absolute atomic E-state index is 12.9. The summed E-state index contributed by atoms with van der Waals surface area (Å²) in [6, 6.07) is 0.247. The van der Waals surface area contributed by atoms with Crippen molar-refractivity contribution in [3.8, 4) is 0 Å². The molecule has 0 aliphatic carbocycles. The Kier molecular flexibility index (Phi) is 3.83. The molecule has 0 aromatic carbocycles.